The van der Waals surface area contributed by atoms with Crippen LogP contribution in [0.5, 0.6) is 0 Å². The van der Waals surface area contributed by atoms with E-state index in [2.05, 4.69) is 30.9 Å². The highest BCUT2D eigenvalue weighted by atomic mass is 16.4. The summed E-state index contributed by atoms with van der Waals surface area (Å²) in [5.74, 6) is -4.91. The number of fused-ring (bicyclic) bond motifs is 3. The number of rotatable bonds is 15. The minimum Gasteiger partial charge on any atom is -0.481 e. The first kappa shape index (κ1) is 34.5. The standard InChI is InChI=1S/C37H37N7O7/c38-26(16-33(45)46)34(47)42-30(13-20-17-39-27-10-4-1-7-23(20)27)35(48)43-31(14-21-18-40-28-11-5-2-8-24(21)28)36(49)44-32(37(50)51)15-22-19-41-29-12-6-3-9-25(22)29/h1-12,17-19,26,30-32,39-41H,13-16,38H2,(H,42,47)(H,43,48)(H,44,49)(H,45,46)(H,50,51). The number of carboxylic acid groups (broad SMARTS) is 2. The van der Waals surface area contributed by atoms with Crippen LogP contribution in [0.4, 0.5) is 0 Å². The maximum atomic E-state index is 14.1. The zero-order valence-electron chi connectivity index (χ0n) is 27.3. The molecule has 51 heavy (non-hydrogen) atoms. The molecule has 3 aromatic carbocycles. The molecule has 14 heteroatoms. The van der Waals surface area contributed by atoms with Gasteiger partial charge in [0.25, 0.3) is 0 Å². The Kier molecular flexibility index (Phi) is 10.1. The molecule has 0 saturated heterocycles. The van der Waals surface area contributed by atoms with Gasteiger partial charge in [0.15, 0.2) is 0 Å². The number of carbonyl (C=O) groups excluding carboxylic acids is 3. The summed E-state index contributed by atoms with van der Waals surface area (Å²) in [7, 11) is 0. The van der Waals surface area contributed by atoms with Crippen molar-refractivity contribution in [1.82, 2.24) is 30.9 Å². The summed E-state index contributed by atoms with van der Waals surface area (Å²) in [4.78, 5) is 74.3. The minimum absolute atomic E-state index is 0.0205. The fraction of sp³-hybridized carbons (Fsp3) is 0.216. The lowest BCUT2D eigenvalue weighted by Crippen LogP contribution is -2.58. The predicted octanol–water partition coefficient (Wildman–Crippen LogP) is 2.50. The van der Waals surface area contributed by atoms with E-state index < -0.39 is 60.2 Å². The topological polar surface area (TPSA) is 235 Å². The normalized spacial score (nSPS) is 13.7. The number of aliphatic carboxylic acids is 2. The lowest BCUT2D eigenvalue weighted by Gasteiger charge is -2.25. The van der Waals surface area contributed by atoms with Crippen LogP contribution in [0.2, 0.25) is 0 Å². The minimum atomic E-state index is -1.44. The molecule has 6 rings (SSSR count). The van der Waals surface area contributed by atoms with Crippen molar-refractivity contribution in [2.45, 2.75) is 49.9 Å². The summed E-state index contributed by atoms with van der Waals surface area (Å²) in [6, 6.07) is 16.8. The molecule has 0 fully saturated rings. The van der Waals surface area contributed by atoms with E-state index in [-0.39, 0.29) is 19.3 Å². The molecule has 0 saturated carbocycles. The second-order valence-electron chi connectivity index (χ2n) is 12.4. The molecule has 0 aliphatic carbocycles. The van der Waals surface area contributed by atoms with Gasteiger partial charge >= 0.3 is 11.9 Å². The van der Waals surface area contributed by atoms with Gasteiger partial charge in [-0.3, -0.25) is 19.2 Å². The van der Waals surface area contributed by atoms with E-state index in [4.69, 9.17) is 5.73 Å². The number of nitrogens with one attached hydrogen (secondary N) is 6. The van der Waals surface area contributed by atoms with Gasteiger partial charge in [0, 0.05) is 70.6 Å². The SMILES string of the molecule is NC(CC(=O)O)C(=O)NC(Cc1c[nH]c2ccccc12)C(=O)NC(Cc1c[nH]c2ccccc12)C(=O)NC(Cc1c[nH]c2ccccc12)C(=O)O. The number of hydrogen-bond acceptors (Lipinski definition) is 6. The van der Waals surface area contributed by atoms with Gasteiger partial charge in [0.2, 0.25) is 17.7 Å². The number of hydrogen-bond donors (Lipinski definition) is 9. The van der Waals surface area contributed by atoms with Crippen molar-refractivity contribution in [2.24, 2.45) is 5.73 Å². The van der Waals surface area contributed by atoms with Gasteiger partial charge < -0.3 is 46.8 Å². The largest absolute Gasteiger partial charge is 0.481 e. The number of aromatic nitrogens is 3. The number of carboxylic acids is 2. The van der Waals surface area contributed by atoms with Crippen molar-refractivity contribution in [1.29, 1.82) is 0 Å². The van der Waals surface area contributed by atoms with Crippen LogP contribution in [-0.4, -0.2) is 79.0 Å². The van der Waals surface area contributed by atoms with E-state index in [1.165, 1.54) is 0 Å². The Morgan fingerprint density at radius 2 is 0.902 bits per heavy atom. The number of nitrogens with two attached hydrogens (primary N) is 1. The maximum Gasteiger partial charge on any atom is 0.326 e. The molecular weight excluding hydrogens is 654 g/mol. The van der Waals surface area contributed by atoms with Gasteiger partial charge in [-0.1, -0.05) is 54.6 Å². The van der Waals surface area contributed by atoms with Crippen LogP contribution in [0.3, 0.4) is 0 Å². The molecule has 3 amide bonds. The van der Waals surface area contributed by atoms with Crippen molar-refractivity contribution >= 4 is 62.4 Å². The van der Waals surface area contributed by atoms with Crippen LogP contribution >= 0.6 is 0 Å². The predicted molar refractivity (Wildman–Crippen MR) is 190 cm³/mol. The van der Waals surface area contributed by atoms with E-state index in [9.17, 15) is 34.2 Å². The van der Waals surface area contributed by atoms with Crippen LogP contribution in [0.15, 0.2) is 91.4 Å². The molecule has 6 aromatic rings. The van der Waals surface area contributed by atoms with Crippen molar-refractivity contribution < 1.29 is 34.2 Å². The summed E-state index contributed by atoms with van der Waals surface area (Å²) in [5, 5.41) is 29.7. The van der Waals surface area contributed by atoms with Gasteiger partial charge in [0.1, 0.15) is 18.1 Å². The van der Waals surface area contributed by atoms with Gasteiger partial charge in [0.05, 0.1) is 12.5 Å². The summed E-state index contributed by atoms with van der Waals surface area (Å²) < 4.78 is 0. The van der Waals surface area contributed by atoms with E-state index in [1.807, 2.05) is 72.8 Å². The number of H-pyrrole nitrogens is 3. The Balaban J connectivity index is 1.29. The van der Waals surface area contributed by atoms with Gasteiger partial charge in [-0.2, -0.15) is 0 Å². The zero-order valence-corrected chi connectivity index (χ0v) is 27.3. The second kappa shape index (κ2) is 15.0. The third-order valence-corrected chi connectivity index (χ3v) is 8.91. The molecule has 10 N–H and O–H groups in total. The van der Waals surface area contributed by atoms with E-state index in [0.717, 1.165) is 32.7 Å². The lowest BCUT2D eigenvalue weighted by molar-refractivity contribution is -0.142. The summed E-state index contributed by atoms with van der Waals surface area (Å²) in [5.41, 5.74) is 10.3. The first-order chi connectivity index (χ1) is 24.6. The molecule has 0 aliphatic rings. The molecule has 4 unspecified atom stereocenters. The lowest BCUT2D eigenvalue weighted by atomic mass is 10.0. The van der Waals surface area contributed by atoms with Gasteiger partial charge in [-0.25, -0.2) is 4.79 Å². The van der Waals surface area contributed by atoms with Crippen molar-refractivity contribution in [3.05, 3.63) is 108 Å². The molecular formula is C37H37N7O7. The summed E-state index contributed by atoms with van der Waals surface area (Å²) in [6.07, 6.45) is 4.38. The molecule has 3 heterocycles. The number of amides is 3. The fourth-order valence-corrected chi connectivity index (χ4v) is 6.28. The van der Waals surface area contributed by atoms with Crippen molar-refractivity contribution in [3.63, 3.8) is 0 Å². The smallest absolute Gasteiger partial charge is 0.326 e. The summed E-state index contributed by atoms with van der Waals surface area (Å²) in [6.45, 7) is 0. The number of para-hydroxylation sites is 3. The third kappa shape index (κ3) is 7.92. The fourth-order valence-electron chi connectivity index (χ4n) is 6.28. The molecule has 0 bridgehead atoms. The molecule has 0 aliphatic heterocycles. The van der Waals surface area contributed by atoms with Gasteiger partial charge in [-0.05, 0) is 34.9 Å². The molecule has 0 spiro atoms. The monoisotopic (exact) mass is 691 g/mol. The molecule has 4 atom stereocenters. The first-order valence-corrected chi connectivity index (χ1v) is 16.3. The maximum absolute atomic E-state index is 14.1. The number of carbonyl (C=O) groups is 5. The number of benzene rings is 3. The molecule has 262 valence electrons. The Bertz CT molecular complexity index is 2240. The molecule has 0 radical (unpaired) electrons. The Morgan fingerprint density at radius 3 is 1.29 bits per heavy atom. The van der Waals surface area contributed by atoms with E-state index >= 15 is 0 Å². The van der Waals surface area contributed by atoms with Crippen molar-refractivity contribution in [3.8, 4) is 0 Å². The highest BCUT2D eigenvalue weighted by Crippen LogP contribution is 2.22. The number of aromatic amines is 3. The van der Waals surface area contributed by atoms with E-state index in [0.29, 0.717) is 16.7 Å². The Morgan fingerprint density at radius 1 is 0.549 bits per heavy atom. The molecule has 3 aromatic heterocycles. The first-order valence-electron chi connectivity index (χ1n) is 16.3. The quantitative estimate of drug-likeness (QED) is 0.0774. The Hall–Kier alpha value is -6.41. The van der Waals surface area contributed by atoms with Gasteiger partial charge in [-0.15, -0.1) is 0 Å². The average molecular weight is 692 g/mol. The second-order valence-corrected chi connectivity index (χ2v) is 12.4. The Labute approximate surface area is 290 Å². The highest BCUT2D eigenvalue weighted by Gasteiger charge is 2.32. The zero-order chi connectivity index (χ0) is 36.1. The van der Waals surface area contributed by atoms with Crippen LogP contribution in [0.1, 0.15) is 23.1 Å². The summed E-state index contributed by atoms with van der Waals surface area (Å²) >= 11 is 0. The third-order valence-electron chi connectivity index (χ3n) is 8.91. The average Bonchev–Trinajstić information content (AvgIpc) is 3.84. The molecule has 14 nitrogen and oxygen atoms in total. The van der Waals surface area contributed by atoms with E-state index in [1.54, 1.807) is 18.6 Å². The highest BCUT2D eigenvalue weighted by molar-refractivity contribution is 5.96. The van der Waals surface area contributed by atoms with Crippen LogP contribution in [-0.2, 0) is 43.2 Å². The van der Waals surface area contributed by atoms with Crippen molar-refractivity contribution in [2.75, 3.05) is 0 Å². The van der Waals surface area contributed by atoms with Crippen LogP contribution < -0.4 is 21.7 Å². The van der Waals surface area contributed by atoms with Crippen LogP contribution in [0.25, 0.3) is 32.7 Å². The van der Waals surface area contributed by atoms with Crippen LogP contribution in [0, 0.1) is 0 Å².